The molecule has 0 aliphatic carbocycles. The van der Waals surface area contributed by atoms with Gasteiger partial charge in [0.15, 0.2) is 17.5 Å². The first-order chi connectivity index (χ1) is 16.8. The molecule has 5 nitrogen and oxygen atoms in total. The molecule has 0 aromatic heterocycles. The Kier molecular flexibility index (Phi) is 6.13. The molecular formula is C27H23F3O5. The average Bonchev–Trinajstić information content (AvgIpc) is 2.88. The lowest BCUT2D eigenvalue weighted by molar-refractivity contribution is -0.480. The van der Waals surface area contributed by atoms with E-state index in [2.05, 4.69) is 6.92 Å². The van der Waals surface area contributed by atoms with Gasteiger partial charge in [0.05, 0.1) is 25.4 Å². The Morgan fingerprint density at radius 2 is 1.37 bits per heavy atom. The molecule has 35 heavy (non-hydrogen) atoms. The van der Waals surface area contributed by atoms with E-state index in [0.29, 0.717) is 32.0 Å². The molecule has 182 valence electrons. The Hall–Kier alpha value is -3.20. The molecule has 0 unspecified atom stereocenters. The number of carbonyl (C=O) groups is 1. The zero-order chi connectivity index (χ0) is 24.6. The Labute approximate surface area is 200 Å². The van der Waals surface area contributed by atoms with Crippen LogP contribution in [0.25, 0.3) is 11.1 Å². The topological polar surface area (TPSA) is 54.0 Å². The summed E-state index contributed by atoms with van der Waals surface area (Å²) < 4.78 is 62.7. The number of ether oxygens (including phenoxy) is 4. The van der Waals surface area contributed by atoms with Crippen LogP contribution in [0.2, 0.25) is 0 Å². The van der Waals surface area contributed by atoms with Crippen molar-refractivity contribution in [1.82, 2.24) is 0 Å². The highest BCUT2D eigenvalue weighted by Gasteiger charge is 2.53. The van der Waals surface area contributed by atoms with Crippen LogP contribution in [0.1, 0.15) is 35.7 Å². The minimum atomic E-state index is -1.62. The van der Waals surface area contributed by atoms with Crippen molar-refractivity contribution in [2.75, 3.05) is 19.8 Å². The van der Waals surface area contributed by atoms with Crippen molar-refractivity contribution in [3.05, 3.63) is 89.2 Å². The van der Waals surface area contributed by atoms with Crippen LogP contribution in [0.5, 0.6) is 5.75 Å². The number of benzene rings is 3. The van der Waals surface area contributed by atoms with Crippen molar-refractivity contribution in [1.29, 1.82) is 0 Å². The SMILES string of the molecule is CCCC12COC(c3ccc(-c4ccc(C(=O)Oc5cc(F)c(F)c(F)c5)cc4)cc3)(OC1)OC2. The number of rotatable bonds is 6. The van der Waals surface area contributed by atoms with E-state index in [4.69, 9.17) is 18.9 Å². The first kappa shape index (κ1) is 23.5. The minimum Gasteiger partial charge on any atom is -0.423 e. The van der Waals surface area contributed by atoms with Crippen molar-refractivity contribution in [2.24, 2.45) is 5.41 Å². The lowest BCUT2D eigenvalue weighted by Gasteiger charge is -2.51. The van der Waals surface area contributed by atoms with Gasteiger partial charge in [0.25, 0.3) is 0 Å². The molecule has 3 saturated heterocycles. The summed E-state index contributed by atoms with van der Waals surface area (Å²) >= 11 is 0. The van der Waals surface area contributed by atoms with Crippen molar-refractivity contribution >= 4 is 5.97 Å². The lowest BCUT2D eigenvalue weighted by Crippen LogP contribution is -2.58. The van der Waals surface area contributed by atoms with Gasteiger partial charge in [-0.3, -0.25) is 0 Å². The van der Waals surface area contributed by atoms with E-state index >= 15 is 0 Å². The number of fused-ring (bicyclic) bond motifs is 3. The predicted molar refractivity (Wildman–Crippen MR) is 120 cm³/mol. The molecule has 6 rings (SSSR count). The summed E-state index contributed by atoms with van der Waals surface area (Å²) in [6, 6.07) is 15.3. The van der Waals surface area contributed by atoms with Crippen molar-refractivity contribution in [3.63, 3.8) is 0 Å². The van der Waals surface area contributed by atoms with Gasteiger partial charge in [-0.25, -0.2) is 18.0 Å². The summed E-state index contributed by atoms with van der Waals surface area (Å²) in [5, 5.41) is 0. The van der Waals surface area contributed by atoms with E-state index in [-0.39, 0.29) is 11.0 Å². The van der Waals surface area contributed by atoms with E-state index in [1.165, 1.54) is 12.1 Å². The van der Waals surface area contributed by atoms with E-state index in [9.17, 15) is 18.0 Å². The predicted octanol–water partition coefficient (Wildman–Crippen LogP) is 5.96. The van der Waals surface area contributed by atoms with Gasteiger partial charge < -0.3 is 18.9 Å². The molecule has 3 fully saturated rings. The molecule has 8 heteroatoms. The van der Waals surface area contributed by atoms with Crippen LogP contribution in [0, 0.1) is 22.9 Å². The summed E-state index contributed by atoms with van der Waals surface area (Å²) in [5.41, 5.74) is 2.59. The largest absolute Gasteiger partial charge is 0.423 e. The second kappa shape index (κ2) is 9.11. The van der Waals surface area contributed by atoms with Gasteiger partial charge in [-0.2, -0.15) is 0 Å². The Morgan fingerprint density at radius 3 is 1.89 bits per heavy atom. The monoisotopic (exact) mass is 484 g/mol. The fourth-order valence-corrected chi connectivity index (χ4v) is 4.41. The zero-order valence-corrected chi connectivity index (χ0v) is 19.0. The van der Waals surface area contributed by atoms with E-state index < -0.39 is 35.1 Å². The maximum absolute atomic E-state index is 13.3. The van der Waals surface area contributed by atoms with Gasteiger partial charge in [0, 0.05) is 23.1 Å². The standard InChI is InChI=1S/C27H23F3O5/c1-2-11-26-14-32-27(33-15-26,34-16-26)20-9-7-18(8-10-20)17-3-5-19(6-4-17)25(31)35-21-12-22(28)24(30)23(29)13-21/h3-10,12-13H,2,11,14-16H2,1H3. The molecule has 0 spiro atoms. The van der Waals surface area contributed by atoms with Crippen molar-refractivity contribution in [3.8, 4) is 16.9 Å². The molecule has 2 bridgehead atoms. The third-order valence-corrected chi connectivity index (χ3v) is 6.35. The molecular weight excluding hydrogens is 461 g/mol. The quantitative estimate of drug-likeness (QED) is 0.245. The highest BCUT2D eigenvalue weighted by Crippen LogP contribution is 2.46. The van der Waals surface area contributed by atoms with Crippen LogP contribution in [0.4, 0.5) is 13.2 Å². The van der Waals surface area contributed by atoms with Gasteiger partial charge in [-0.15, -0.1) is 0 Å². The van der Waals surface area contributed by atoms with Crippen LogP contribution in [0.15, 0.2) is 60.7 Å². The summed E-state index contributed by atoms with van der Waals surface area (Å²) in [4.78, 5) is 12.3. The molecule has 0 atom stereocenters. The van der Waals surface area contributed by atoms with E-state index in [1.807, 2.05) is 24.3 Å². The van der Waals surface area contributed by atoms with Crippen molar-refractivity contribution < 1.29 is 36.9 Å². The van der Waals surface area contributed by atoms with Gasteiger partial charge in [-0.05, 0) is 29.7 Å². The van der Waals surface area contributed by atoms with Crippen LogP contribution < -0.4 is 4.74 Å². The molecule has 0 saturated carbocycles. The molecule has 3 heterocycles. The zero-order valence-electron chi connectivity index (χ0n) is 19.0. The van der Waals surface area contributed by atoms with Crippen LogP contribution >= 0.6 is 0 Å². The third kappa shape index (κ3) is 4.45. The lowest BCUT2D eigenvalue weighted by atomic mass is 9.83. The number of hydrogen-bond acceptors (Lipinski definition) is 5. The Bertz CT molecular complexity index is 1190. The second-order valence-electron chi connectivity index (χ2n) is 8.92. The number of hydrogen-bond donors (Lipinski definition) is 0. The van der Waals surface area contributed by atoms with Gasteiger partial charge >= 0.3 is 11.9 Å². The van der Waals surface area contributed by atoms with Gasteiger partial charge in [0.1, 0.15) is 5.75 Å². The molecule has 0 radical (unpaired) electrons. The van der Waals surface area contributed by atoms with Gasteiger partial charge in [0.2, 0.25) is 0 Å². The third-order valence-electron chi connectivity index (χ3n) is 6.35. The fourth-order valence-electron chi connectivity index (χ4n) is 4.41. The van der Waals surface area contributed by atoms with Crippen LogP contribution in [-0.2, 0) is 20.2 Å². The Morgan fingerprint density at radius 1 is 0.857 bits per heavy atom. The maximum Gasteiger partial charge on any atom is 0.343 e. The molecule has 3 aromatic rings. The summed E-state index contributed by atoms with van der Waals surface area (Å²) in [6.45, 7) is 3.92. The first-order valence-electron chi connectivity index (χ1n) is 11.3. The van der Waals surface area contributed by atoms with E-state index in [0.717, 1.165) is 29.5 Å². The van der Waals surface area contributed by atoms with E-state index in [1.54, 1.807) is 12.1 Å². The normalized spacial score (nSPS) is 23.3. The minimum absolute atomic E-state index is 0.0711. The number of carbonyl (C=O) groups excluding carboxylic acids is 1. The first-order valence-corrected chi connectivity index (χ1v) is 11.3. The van der Waals surface area contributed by atoms with Crippen LogP contribution in [-0.4, -0.2) is 25.8 Å². The highest BCUT2D eigenvalue weighted by molar-refractivity contribution is 5.91. The Balaban J connectivity index is 1.27. The van der Waals surface area contributed by atoms with Gasteiger partial charge in [-0.1, -0.05) is 49.7 Å². The molecule has 3 aromatic carbocycles. The maximum atomic E-state index is 13.3. The summed E-state index contributed by atoms with van der Waals surface area (Å²) in [6.07, 6.45) is 2.03. The number of esters is 1. The smallest absolute Gasteiger partial charge is 0.343 e. The molecule has 3 aliphatic rings. The average molecular weight is 484 g/mol. The summed E-state index contributed by atoms with van der Waals surface area (Å²) in [7, 11) is 0. The van der Waals surface area contributed by atoms with Crippen molar-refractivity contribution in [2.45, 2.75) is 25.7 Å². The summed E-state index contributed by atoms with van der Waals surface area (Å²) in [5.74, 6) is -6.92. The second-order valence-corrected chi connectivity index (χ2v) is 8.92. The molecule has 3 aliphatic heterocycles. The van der Waals surface area contributed by atoms with Crippen LogP contribution in [0.3, 0.4) is 0 Å². The fraction of sp³-hybridized carbons (Fsp3) is 0.296. The molecule has 0 amide bonds. The number of halogens is 3. The highest BCUT2D eigenvalue weighted by atomic mass is 19.2. The molecule has 0 N–H and O–H groups in total.